The van der Waals surface area contributed by atoms with Crippen LogP contribution in [0, 0.1) is 0 Å². The van der Waals surface area contributed by atoms with Crippen molar-refractivity contribution in [3.05, 3.63) is 11.5 Å². The first-order valence-corrected chi connectivity index (χ1v) is 6.81. The van der Waals surface area contributed by atoms with E-state index in [-0.39, 0.29) is 5.41 Å². The van der Waals surface area contributed by atoms with Gasteiger partial charge >= 0.3 is 0 Å². The maximum atomic E-state index is 6.30. The smallest absolute Gasteiger partial charge is 0.127 e. The first kappa shape index (κ1) is 12.5. The summed E-state index contributed by atoms with van der Waals surface area (Å²) in [5, 5.41) is 0. The lowest BCUT2D eigenvalue weighted by Crippen LogP contribution is -2.15. The van der Waals surface area contributed by atoms with E-state index < -0.39 is 0 Å². The molecular weight excluding hydrogens is 210 g/mol. The number of unbranched alkanes of at least 4 members (excludes halogenated alkanes) is 1. The van der Waals surface area contributed by atoms with Gasteiger partial charge in [-0.15, -0.1) is 0 Å². The molecule has 1 aliphatic rings. The lowest BCUT2D eigenvalue weighted by Gasteiger charge is -2.16. The predicted octanol–water partition coefficient (Wildman–Crippen LogP) is 3.44. The van der Waals surface area contributed by atoms with Crippen molar-refractivity contribution >= 4 is 5.82 Å². The van der Waals surface area contributed by atoms with Gasteiger partial charge in [0.1, 0.15) is 11.6 Å². The normalized spacial score (nSPS) is 16.5. The molecule has 0 atom stereocenters. The van der Waals surface area contributed by atoms with Crippen molar-refractivity contribution in [1.82, 2.24) is 9.55 Å². The first-order chi connectivity index (χ1) is 7.95. The average Bonchev–Trinajstić information content (AvgIpc) is 3.00. The molecule has 0 aliphatic heterocycles. The van der Waals surface area contributed by atoms with Gasteiger partial charge in [0.2, 0.25) is 0 Å². The van der Waals surface area contributed by atoms with Gasteiger partial charge in [-0.05, 0) is 19.3 Å². The van der Waals surface area contributed by atoms with Crippen molar-refractivity contribution < 1.29 is 0 Å². The number of aromatic nitrogens is 2. The third-order valence-corrected chi connectivity index (χ3v) is 3.42. The molecular formula is C14H25N3. The summed E-state index contributed by atoms with van der Waals surface area (Å²) >= 11 is 0. The van der Waals surface area contributed by atoms with Crippen molar-refractivity contribution in [1.29, 1.82) is 0 Å². The molecule has 1 fully saturated rings. The summed E-state index contributed by atoms with van der Waals surface area (Å²) in [6.45, 7) is 9.80. The molecule has 1 aromatic heterocycles. The summed E-state index contributed by atoms with van der Waals surface area (Å²) < 4.78 is 2.27. The topological polar surface area (TPSA) is 43.8 Å². The average molecular weight is 235 g/mol. The summed E-state index contributed by atoms with van der Waals surface area (Å²) in [5.41, 5.74) is 7.42. The Bertz CT molecular complexity index is 394. The fourth-order valence-electron chi connectivity index (χ4n) is 2.24. The molecule has 0 bridgehead atoms. The quantitative estimate of drug-likeness (QED) is 0.868. The van der Waals surface area contributed by atoms with Gasteiger partial charge in [0, 0.05) is 17.9 Å². The van der Waals surface area contributed by atoms with Crippen molar-refractivity contribution in [2.75, 3.05) is 5.73 Å². The van der Waals surface area contributed by atoms with Gasteiger partial charge in [0.05, 0.1) is 5.69 Å². The number of hydrogen-bond donors (Lipinski definition) is 1. The molecule has 2 N–H and O–H groups in total. The number of nitrogen functional groups attached to an aromatic ring is 1. The van der Waals surface area contributed by atoms with Gasteiger partial charge in [-0.3, -0.25) is 0 Å². The van der Waals surface area contributed by atoms with Gasteiger partial charge in [0.15, 0.2) is 0 Å². The number of nitrogens with zero attached hydrogens (tertiary/aromatic N) is 2. The van der Waals surface area contributed by atoms with Crippen LogP contribution in [0.2, 0.25) is 0 Å². The Hall–Kier alpha value is -0.990. The van der Waals surface area contributed by atoms with Crippen molar-refractivity contribution in [2.45, 2.75) is 71.3 Å². The first-order valence-electron chi connectivity index (χ1n) is 6.81. The number of anilines is 1. The highest BCUT2D eigenvalue weighted by atomic mass is 15.2. The number of nitrogens with two attached hydrogens (primary N) is 1. The Labute approximate surface area is 104 Å². The fourth-order valence-corrected chi connectivity index (χ4v) is 2.24. The van der Waals surface area contributed by atoms with Crippen molar-refractivity contribution in [2.24, 2.45) is 0 Å². The minimum Gasteiger partial charge on any atom is -0.384 e. The Morgan fingerprint density at radius 3 is 2.47 bits per heavy atom. The Morgan fingerprint density at radius 1 is 1.35 bits per heavy atom. The van der Waals surface area contributed by atoms with Gasteiger partial charge in [-0.25, -0.2) is 4.98 Å². The number of rotatable bonds is 4. The molecule has 1 saturated carbocycles. The molecule has 0 spiro atoms. The molecule has 0 amide bonds. The molecule has 96 valence electrons. The van der Waals surface area contributed by atoms with E-state index in [1.54, 1.807) is 0 Å². The molecule has 0 aromatic carbocycles. The molecule has 1 aliphatic carbocycles. The van der Waals surface area contributed by atoms with E-state index in [1.165, 1.54) is 31.5 Å². The van der Waals surface area contributed by atoms with E-state index in [4.69, 9.17) is 10.7 Å². The van der Waals surface area contributed by atoms with Crippen LogP contribution in [0.3, 0.4) is 0 Å². The molecule has 1 heterocycles. The second-order valence-electron chi connectivity index (χ2n) is 6.23. The highest BCUT2D eigenvalue weighted by Gasteiger charge is 2.33. The van der Waals surface area contributed by atoms with Gasteiger partial charge in [-0.1, -0.05) is 34.1 Å². The van der Waals surface area contributed by atoms with Crippen LogP contribution in [0.1, 0.15) is 70.8 Å². The zero-order valence-corrected chi connectivity index (χ0v) is 11.6. The second-order valence-corrected chi connectivity index (χ2v) is 6.23. The highest BCUT2D eigenvalue weighted by molar-refractivity contribution is 5.43. The molecule has 2 rings (SSSR count). The van der Waals surface area contributed by atoms with E-state index in [1.807, 2.05) is 0 Å². The summed E-state index contributed by atoms with van der Waals surface area (Å²) in [6, 6.07) is 0. The second kappa shape index (κ2) is 4.35. The van der Waals surface area contributed by atoms with Gasteiger partial charge in [-0.2, -0.15) is 0 Å². The van der Waals surface area contributed by atoms with Gasteiger partial charge < -0.3 is 10.3 Å². The zero-order chi connectivity index (χ0) is 12.6. The highest BCUT2D eigenvalue weighted by Crippen LogP contribution is 2.42. The maximum Gasteiger partial charge on any atom is 0.127 e. The summed E-state index contributed by atoms with van der Waals surface area (Å²) in [6.07, 6.45) is 4.95. The third kappa shape index (κ3) is 2.48. The molecule has 3 heteroatoms. The summed E-state index contributed by atoms with van der Waals surface area (Å²) in [4.78, 5) is 4.83. The fraction of sp³-hybridized carbons (Fsp3) is 0.786. The lowest BCUT2D eigenvalue weighted by molar-refractivity contribution is 0.572. The Kier molecular flexibility index (Phi) is 3.19. The molecule has 0 saturated heterocycles. The summed E-state index contributed by atoms with van der Waals surface area (Å²) in [5.74, 6) is 2.80. The molecule has 1 aromatic rings. The van der Waals surface area contributed by atoms with Crippen LogP contribution in [0.4, 0.5) is 5.82 Å². The lowest BCUT2D eigenvalue weighted by atomic mass is 9.92. The maximum absolute atomic E-state index is 6.30. The standard InChI is InChI=1S/C14H25N3/c1-5-6-9-17-12(15)11(14(2,3)4)16-13(17)10-7-8-10/h10H,5-9,15H2,1-4H3. The minimum atomic E-state index is 0.0468. The van der Waals surface area contributed by atoms with Crippen LogP contribution in [0.25, 0.3) is 0 Å². The predicted molar refractivity (Wildman–Crippen MR) is 72.2 cm³/mol. The third-order valence-electron chi connectivity index (χ3n) is 3.42. The number of imidazole rings is 1. The Morgan fingerprint density at radius 2 is 2.00 bits per heavy atom. The SMILES string of the molecule is CCCCn1c(C2CC2)nc(C(C)(C)C)c1N. The van der Waals surface area contributed by atoms with Gasteiger partial charge in [0.25, 0.3) is 0 Å². The number of hydrogen-bond acceptors (Lipinski definition) is 2. The largest absolute Gasteiger partial charge is 0.384 e. The van der Waals surface area contributed by atoms with Crippen molar-refractivity contribution in [3.63, 3.8) is 0 Å². The van der Waals surface area contributed by atoms with E-state index in [9.17, 15) is 0 Å². The van der Waals surface area contributed by atoms with E-state index in [0.717, 1.165) is 18.1 Å². The van der Waals surface area contributed by atoms with E-state index in [0.29, 0.717) is 5.92 Å². The monoisotopic (exact) mass is 235 g/mol. The molecule has 0 radical (unpaired) electrons. The van der Waals surface area contributed by atoms with Crippen LogP contribution in [0.15, 0.2) is 0 Å². The molecule has 3 nitrogen and oxygen atoms in total. The van der Waals surface area contributed by atoms with Crippen LogP contribution in [-0.2, 0) is 12.0 Å². The van der Waals surface area contributed by atoms with Crippen LogP contribution >= 0.6 is 0 Å². The summed E-state index contributed by atoms with van der Waals surface area (Å²) in [7, 11) is 0. The van der Waals surface area contributed by atoms with Crippen LogP contribution < -0.4 is 5.73 Å². The zero-order valence-electron chi connectivity index (χ0n) is 11.6. The van der Waals surface area contributed by atoms with Crippen molar-refractivity contribution in [3.8, 4) is 0 Å². The van der Waals surface area contributed by atoms with Crippen LogP contribution in [-0.4, -0.2) is 9.55 Å². The molecule has 0 unspecified atom stereocenters. The van der Waals surface area contributed by atoms with E-state index in [2.05, 4.69) is 32.3 Å². The Balaban J connectivity index is 2.36. The minimum absolute atomic E-state index is 0.0468. The van der Waals surface area contributed by atoms with Crippen LogP contribution in [0.5, 0.6) is 0 Å². The molecule has 17 heavy (non-hydrogen) atoms. The van der Waals surface area contributed by atoms with E-state index >= 15 is 0 Å².